The van der Waals surface area contributed by atoms with E-state index in [0.717, 1.165) is 41.2 Å². The summed E-state index contributed by atoms with van der Waals surface area (Å²) >= 11 is 0. The van der Waals surface area contributed by atoms with Crippen LogP contribution in [0, 0.1) is 0 Å². The molecule has 2 atom stereocenters. The first-order valence-corrected chi connectivity index (χ1v) is 10.9. The van der Waals surface area contributed by atoms with Crippen molar-refractivity contribution in [1.29, 1.82) is 0 Å². The van der Waals surface area contributed by atoms with Gasteiger partial charge in [0.2, 0.25) is 5.91 Å². The number of fused-ring (bicyclic) bond motifs is 1. The lowest BCUT2D eigenvalue weighted by molar-refractivity contribution is -0.130. The first kappa shape index (κ1) is 21.2. The Hall–Kier alpha value is -3.06. The monoisotopic (exact) mass is 423 g/mol. The van der Waals surface area contributed by atoms with Gasteiger partial charge < -0.3 is 24.1 Å². The smallest absolute Gasteiger partial charge is 0.249 e. The van der Waals surface area contributed by atoms with Gasteiger partial charge in [0.25, 0.3) is 0 Å². The molecule has 2 aromatic carbocycles. The Morgan fingerprint density at radius 3 is 2.68 bits per heavy atom. The normalized spacial score (nSPS) is 16.9. The maximum Gasteiger partial charge on any atom is 0.249 e. The number of benzene rings is 2. The predicted molar refractivity (Wildman–Crippen MR) is 118 cm³/mol. The van der Waals surface area contributed by atoms with Crippen molar-refractivity contribution in [2.24, 2.45) is 0 Å². The van der Waals surface area contributed by atoms with E-state index in [9.17, 15) is 4.79 Å². The van der Waals surface area contributed by atoms with E-state index in [-0.39, 0.29) is 18.1 Å². The van der Waals surface area contributed by atoms with E-state index in [1.807, 2.05) is 62.4 Å². The highest BCUT2D eigenvalue weighted by atomic mass is 16.5. The molecular weight excluding hydrogens is 394 g/mol. The van der Waals surface area contributed by atoms with Crippen molar-refractivity contribution in [1.82, 2.24) is 14.9 Å². The Bertz CT molecular complexity index is 1030. The second-order valence-corrected chi connectivity index (χ2v) is 7.57. The van der Waals surface area contributed by atoms with Gasteiger partial charge in [0.1, 0.15) is 18.5 Å². The molecule has 1 saturated heterocycles. The van der Waals surface area contributed by atoms with Gasteiger partial charge >= 0.3 is 0 Å². The molecule has 0 radical (unpaired) electrons. The maximum absolute atomic E-state index is 12.5. The van der Waals surface area contributed by atoms with Gasteiger partial charge in [-0.05, 0) is 51.0 Å². The van der Waals surface area contributed by atoms with Crippen LogP contribution in [0.3, 0.4) is 0 Å². The van der Waals surface area contributed by atoms with Crippen molar-refractivity contribution >= 4 is 16.9 Å². The summed E-state index contributed by atoms with van der Waals surface area (Å²) < 4.78 is 19.3. The molecule has 1 aromatic heterocycles. The van der Waals surface area contributed by atoms with Gasteiger partial charge in [-0.2, -0.15) is 0 Å². The summed E-state index contributed by atoms with van der Waals surface area (Å²) in [7, 11) is 0. The van der Waals surface area contributed by atoms with Crippen LogP contribution in [0.25, 0.3) is 11.0 Å². The van der Waals surface area contributed by atoms with Gasteiger partial charge in [0.05, 0.1) is 30.2 Å². The zero-order valence-electron chi connectivity index (χ0n) is 18.0. The minimum Gasteiger partial charge on any atom is -0.490 e. The largest absolute Gasteiger partial charge is 0.490 e. The molecule has 31 heavy (non-hydrogen) atoms. The van der Waals surface area contributed by atoms with Gasteiger partial charge in [-0.25, -0.2) is 4.98 Å². The molecule has 7 nitrogen and oxygen atoms in total. The summed E-state index contributed by atoms with van der Waals surface area (Å²) in [6.07, 6.45) is 1.33. The maximum atomic E-state index is 12.5. The van der Waals surface area contributed by atoms with Gasteiger partial charge in [0.15, 0.2) is 11.5 Å². The Labute approximate surface area is 182 Å². The number of aromatic nitrogens is 2. The highest BCUT2D eigenvalue weighted by Crippen LogP contribution is 2.27. The molecule has 164 valence electrons. The summed E-state index contributed by atoms with van der Waals surface area (Å²) in [6.45, 7) is 6.17. The van der Waals surface area contributed by atoms with E-state index in [4.69, 9.17) is 19.2 Å². The van der Waals surface area contributed by atoms with E-state index in [2.05, 4.69) is 9.88 Å². The first-order valence-electron chi connectivity index (χ1n) is 10.9. The third-order valence-corrected chi connectivity index (χ3v) is 5.37. The molecule has 2 heterocycles. The predicted octanol–water partition coefficient (Wildman–Crippen LogP) is 3.87. The minimum atomic E-state index is -0.362. The Balaban J connectivity index is 1.50. The molecule has 1 N–H and O–H groups in total. The van der Waals surface area contributed by atoms with Crippen LogP contribution in [0.15, 0.2) is 48.5 Å². The van der Waals surface area contributed by atoms with Crippen LogP contribution >= 0.6 is 0 Å². The van der Waals surface area contributed by atoms with Gasteiger partial charge in [-0.3, -0.25) is 4.79 Å². The number of amides is 1. The van der Waals surface area contributed by atoms with Crippen molar-refractivity contribution in [3.8, 4) is 11.5 Å². The molecule has 0 spiro atoms. The van der Waals surface area contributed by atoms with E-state index >= 15 is 0 Å². The van der Waals surface area contributed by atoms with Crippen molar-refractivity contribution in [3.05, 3.63) is 54.4 Å². The molecule has 0 saturated carbocycles. The van der Waals surface area contributed by atoms with Gasteiger partial charge in [-0.15, -0.1) is 0 Å². The number of imidazole rings is 1. The highest BCUT2D eigenvalue weighted by molar-refractivity contribution is 5.81. The third kappa shape index (κ3) is 4.82. The zero-order chi connectivity index (χ0) is 21.6. The van der Waals surface area contributed by atoms with Gasteiger partial charge in [-0.1, -0.05) is 24.3 Å². The second kappa shape index (κ2) is 9.83. The van der Waals surface area contributed by atoms with Crippen molar-refractivity contribution in [3.63, 3.8) is 0 Å². The quantitative estimate of drug-likeness (QED) is 0.566. The average Bonchev–Trinajstić information content (AvgIpc) is 3.44. The Morgan fingerprint density at radius 2 is 1.94 bits per heavy atom. The Kier molecular flexibility index (Phi) is 6.72. The third-order valence-electron chi connectivity index (χ3n) is 5.37. The average molecular weight is 424 g/mol. The standard InChI is InChI=1S/C24H29N3O4/c1-3-29-20-11-6-7-12-21(20)31-16-14-27-19-10-5-4-9-18(19)26-23(27)17(2)25-24(28)22-13-8-15-30-22/h4-7,9-12,17,22H,3,8,13-16H2,1-2H3,(H,25,28). The van der Waals surface area contributed by atoms with Gasteiger partial charge in [0, 0.05) is 6.61 Å². The molecule has 1 amide bonds. The molecule has 0 bridgehead atoms. The summed E-state index contributed by atoms with van der Waals surface area (Å²) in [4.78, 5) is 17.3. The summed E-state index contributed by atoms with van der Waals surface area (Å²) in [6, 6.07) is 15.4. The fourth-order valence-corrected chi connectivity index (χ4v) is 3.91. The summed E-state index contributed by atoms with van der Waals surface area (Å²) in [5.41, 5.74) is 1.91. The lowest BCUT2D eigenvalue weighted by Gasteiger charge is -2.19. The number of carbonyl (C=O) groups excluding carboxylic acids is 1. The number of hydrogen-bond donors (Lipinski definition) is 1. The van der Waals surface area contributed by atoms with Crippen LogP contribution in [0.1, 0.15) is 38.6 Å². The number of nitrogens with zero attached hydrogens (tertiary/aromatic N) is 2. The van der Waals surface area contributed by atoms with Crippen LogP contribution in [-0.4, -0.2) is 41.4 Å². The topological polar surface area (TPSA) is 74.6 Å². The minimum absolute atomic E-state index is 0.0782. The molecule has 0 aliphatic carbocycles. The van der Waals surface area contributed by atoms with Crippen LogP contribution in [-0.2, 0) is 16.1 Å². The first-order chi connectivity index (χ1) is 15.2. The van der Waals surface area contributed by atoms with E-state index in [0.29, 0.717) is 26.4 Å². The number of carbonyl (C=O) groups is 1. The van der Waals surface area contributed by atoms with E-state index in [1.54, 1.807) is 0 Å². The van der Waals surface area contributed by atoms with Crippen molar-refractivity contribution in [2.45, 2.75) is 45.4 Å². The fraction of sp³-hybridized carbons (Fsp3) is 0.417. The molecule has 1 aliphatic rings. The number of para-hydroxylation sites is 4. The molecule has 7 heteroatoms. The molecule has 3 aromatic rings. The summed E-state index contributed by atoms with van der Waals surface area (Å²) in [5.74, 6) is 2.17. The lowest BCUT2D eigenvalue weighted by Crippen LogP contribution is -2.36. The number of nitrogens with one attached hydrogen (secondary N) is 1. The Morgan fingerprint density at radius 1 is 1.19 bits per heavy atom. The molecule has 4 rings (SSSR count). The number of rotatable bonds is 9. The van der Waals surface area contributed by atoms with E-state index in [1.165, 1.54) is 0 Å². The molecule has 1 aliphatic heterocycles. The second-order valence-electron chi connectivity index (χ2n) is 7.57. The van der Waals surface area contributed by atoms with Crippen LogP contribution in [0.2, 0.25) is 0 Å². The zero-order valence-corrected chi connectivity index (χ0v) is 18.0. The van der Waals surface area contributed by atoms with Crippen LogP contribution < -0.4 is 14.8 Å². The van der Waals surface area contributed by atoms with E-state index < -0.39 is 0 Å². The summed E-state index contributed by atoms with van der Waals surface area (Å²) in [5, 5.41) is 3.07. The van der Waals surface area contributed by atoms with Crippen LogP contribution in [0.5, 0.6) is 11.5 Å². The molecular formula is C24H29N3O4. The van der Waals surface area contributed by atoms with Crippen molar-refractivity contribution < 1.29 is 19.0 Å². The highest BCUT2D eigenvalue weighted by Gasteiger charge is 2.26. The van der Waals surface area contributed by atoms with Crippen LogP contribution in [0.4, 0.5) is 0 Å². The molecule has 1 fully saturated rings. The lowest BCUT2D eigenvalue weighted by atomic mass is 10.2. The fourth-order valence-electron chi connectivity index (χ4n) is 3.91. The number of hydrogen-bond acceptors (Lipinski definition) is 5. The number of ether oxygens (including phenoxy) is 3. The van der Waals surface area contributed by atoms with Crippen molar-refractivity contribution in [2.75, 3.05) is 19.8 Å². The SMILES string of the molecule is CCOc1ccccc1OCCn1c(C(C)NC(=O)C2CCCO2)nc2ccccc21. The molecule has 2 unspecified atom stereocenters.